The molecule has 0 amide bonds. The smallest absolute Gasteiger partial charge is 0.136 e. The lowest BCUT2D eigenvalue weighted by atomic mass is 9.95. The van der Waals surface area contributed by atoms with Gasteiger partial charge in [0.15, 0.2) is 0 Å². The number of anilines is 3. The number of para-hydroxylation sites is 1. The van der Waals surface area contributed by atoms with Crippen LogP contribution in [0.2, 0.25) is 0 Å². The molecule has 0 unspecified atom stereocenters. The number of rotatable bonds is 6. The molecule has 1 heterocycles. The van der Waals surface area contributed by atoms with Gasteiger partial charge in [-0.05, 0) is 126 Å². The summed E-state index contributed by atoms with van der Waals surface area (Å²) < 4.78 is 6.57. The predicted octanol–water partition coefficient (Wildman–Crippen LogP) is 16.7. The highest BCUT2D eigenvalue weighted by atomic mass is 16.3. The van der Waals surface area contributed by atoms with Gasteiger partial charge in [0.2, 0.25) is 0 Å². The highest BCUT2D eigenvalue weighted by Gasteiger charge is 2.21. The predicted molar refractivity (Wildman–Crippen MR) is 255 cm³/mol. The summed E-state index contributed by atoms with van der Waals surface area (Å²) in [6.07, 6.45) is 0. The molecular formula is C58H37NO. The molecule has 0 spiro atoms. The van der Waals surface area contributed by atoms with E-state index in [4.69, 9.17) is 4.42 Å². The summed E-state index contributed by atoms with van der Waals surface area (Å²) in [4.78, 5) is 2.41. The Balaban J connectivity index is 1.03. The van der Waals surface area contributed by atoms with Crippen LogP contribution in [0.25, 0.3) is 98.4 Å². The molecule has 11 aromatic carbocycles. The number of fused-ring (bicyclic) bond motifs is 8. The minimum Gasteiger partial charge on any atom is -0.456 e. The van der Waals surface area contributed by atoms with Gasteiger partial charge in [0, 0.05) is 27.7 Å². The molecule has 12 aromatic rings. The Morgan fingerprint density at radius 2 is 0.883 bits per heavy atom. The van der Waals surface area contributed by atoms with Gasteiger partial charge in [0.25, 0.3) is 0 Å². The SMILES string of the molecule is c1cc(-c2ccc(N(c3ccc4c(ccc5ccccc54)c3)c3ccccc3-c3cccc4oc5cc6ccccc6cc5c34)cc2)cc(-c2cccc3ccccc23)c1. The van der Waals surface area contributed by atoms with Gasteiger partial charge in [-0.2, -0.15) is 0 Å². The van der Waals surface area contributed by atoms with Crippen molar-refractivity contribution in [2.24, 2.45) is 0 Å². The van der Waals surface area contributed by atoms with E-state index in [1.54, 1.807) is 0 Å². The molecular weight excluding hydrogens is 727 g/mol. The van der Waals surface area contributed by atoms with Crippen LogP contribution in [-0.4, -0.2) is 0 Å². The van der Waals surface area contributed by atoms with Gasteiger partial charge in [-0.15, -0.1) is 0 Å². The number of furan rings is 1. The zero-order valence-electron chi connectivity index (χ0n) is 32.7. The number of benzene rings is 11. The van der Waals surface area contributed by atoms with Gasteiger partial charge < -0.3 is 9.32 Å². The normalized spacial score (nSPS) is 11.7. The van der Waals surface area contributed by atoms with Crippen LogP contribution in [0.3, 0.4) is 0 Å². The molecule has 0 aliphatic rings. The third-order valence-electron chi connectivity index (χ3n) is 12.2. The van der Waals surface area contributed by atoms with Crippen molar-refractivity contribution in [2.45, 2.75) is 0 Å². The monoisotopic (exact) mass is 763 g/mol. The standard InChI is InChI=1S/C58H37NO/c1-2-15-43-37-57-54(36-42(43)14-1)58-53(23-11-25-56(58)60-57)52-21-7-8-24-55(52)59(47-32-33-51-45(35-47)27-26-40-13-4-6-20-49(40)51)46-30-28-38(29-31-46)41-17-9-18-44(34-41)50-22-10-16-39-12-3-5-19-48(39)50/h1-37H. The molecule has 0 aliphatic carbocycles. The average molecular weight is 764 g/mol. The van der Waals surface area contributed by atoms with Crippen molar-refractivity contribution in [3.63, 3.8) is 0 Å². The Hall–Kier alpha value is -7.94. The van der Waals surface area contributed by atoms with E-state index in [2.05, 4.69) is 229 Å². The lowest BCUT2D eigenvalue weighted by Gasteiger charge is -2.28. The Labute approximate surface area is 347 Å². The lowest BCUT2D eigenvalue weighted by Crippen LogP contribution is -2.11. The number of nitrogens with zero attached hydrogens (tertiary/aromatic N) is 1. The van der Waals surface area contributed by atoms with Crippen LogP contribution in [0.15, 0.2) is 229 Å². The van der Waals surface area contributed by atoms with Crippen LogP contribution in [-0.2, 0) is 0 Å². The molecule has 0 aliphatic heterocycles. The molecule has 0 saturated carbocycles. The first-order chi connectivity index (χ1) is 29.7. The van der Waals surface area contributed by atoms with Crippen molar-refractivity contribution >= 4 is 82.1 Å². The Bertz CT molecular complexity index is 3610. The van der Waals surface area contributed by atoms with Crippen LogP contribution in [0.1, 0.15) is 0 Å². The minimum atomic E-state index is 0.881. The second-order valence-electron chi connectivity index (χ2n) is 15.7. The Kier molecular flexibility index (Phi) is 7.89. The topological polar surface area (TPSA) is 16.4 Å². The second kappa shape index (κ2) is 13.9. The maximum absolute atomic E-state index is 6.57. The van der Waals surface area contributed by atoms with Gasteiger partial charge in [-0.3, -0.25) is 0 Å². The first-order valence-corrected chi connectivity index (χ1v) is 20.6. The van der Waals surface area contributed by atoms with Crippen molar-refractivity contribution in [3.05, 3.63) is 224 Å². The third kappa shape index (κ3) is 5.65. The van der Waals surface area contributed by atoms with E-state index in [0.717, 1.165) is 50.1 Å². The van der Waals surface area contributed by atoms with E-state index in [9.17, 15) is 0 Å². The maximum Gasteiger partial charge on any atom is 0.136 e. The molecule has 60 heavy (non-hydrogen) atoms. The Morgan fingerprint density at radius 3 is 1.75 bits per heavy atom. The largest absolute Gasteiger partial charge is 0.456 e. The number of hydrogen-bond acceptors (Lipinski definition) is 2. The first kappa shape index (κ1) is 34.1. The second-order valence-corrected chi connectivity index (χ2v) is 15.7. The van der Waals surface area contributed by atoms with E-state index >= 15 is 0 Å². The molecule has 0 saturated heterocycles. The van der Waals surface area contributed by atoms with Gasteiger partial charge >= 0.3 is 0 Å². The van der Waals surface area contributed by atoms with Crippen molar-refractivity contribution < 1.29 is 4.42 Å². The molecule has 0 N–H and O–H groups in total. The fourth-order valence-electron chi connectivity index (χ4n) is 9.35. The van der Waals surface area contributed by atoms with Crippen LogP contribution < -0.4 is 4.90 Å². The van der Waals surface area contributed by atoms with E-state index in [-0.39, 0.29) is 0 Å². The fourth-order valence-corrected chi connectivity index (χ4v) is 9.35. The molecule has 0 bridgehead atoms. The quantitative estimate of drug-likeness (QED) is 0.157. The number of hydrogen-bond donors (Lipinski definition) is 0. The van der Waals surface area contributed by atoms with E-state index < -0.39 is 0 Å². The Morgan fingerprint density at radius 1 is 0.283 bits per heavy atom. The summed E-state index contributed by atoms with van der Waals surface area (Å²) >= 11 is 0. The molecule has 0 radical (unpaired) electrons. The summed E-state index contributed by atoms with van der Waals surface area (Å²) in [6, 6.07) is 81.3. The molecule has 2 nitrogen and oxygen atoms in total. The van der Waals surface area contributed by atoms with Crippen LogP contribution >= 0.6 is 0 Å². The van der Waals surface area contributed by atoms with Crippen molar-refractivity contribution in [1.29, 1.82) is 0 Å². The molecule has 12 rings (SSSR count). The maximum atomic E-state index is 6.57. The highest BCUT2D eigenvalue weighted by Crippen LogP contribution is 2.46. The van der Waals surface area contributed by atoms with Crippen LogP contribution in [0.4, 0.5) is 17.1 Å². The average Bonchev–Trinajstić information content (AvgIpc) is 3.68. The molecule has 280 valence electrons. The summed E-state index contributed by atoms with van der Waals surface area (Å²) in [6.45, 7) is 0. The van der Waals surface area contributed by atoms with E-state index in [0.29, 0.717) is 0 Å². The zero-order valence-corrected chi connectivity index (χ0v) is 32.7. The van der Waals surface area contributed by atoms with Crippen molar-refractivity contribution in [2.75, 3.05) is 4.90 Å². The molecule has 1 aromatic heterocycles. The summed E-state index contributed by atoms with van der Waals surface area (Å²) in [7, 11) is 0. The summed E-state index contributed by atoms with van der Waals surface area (Å²) in [5.74, 6) is 0. The van der Waals surface area contributed by atoms with Crippen molar-refractivity contribution in [3.8, 4) is 33.4 Å². The molecule has 0 fully saturated rings. The van der Waals surface area contributed by atoms with Gasteiger partial charge in [-0.1, -0.05) is 170 Å². The molecule has 0 atom stereocenters. The van der Waals surface area contributed by atoms with Crippen molar-refractivity contribution in [1.82, 2.24) is 0 Å². The van der Waals surface area contributed by atoms with Crippen LogP contribution in [0, 0.1) is 0 Å². The van der Waals surface area contributed by atoms with Gasteiger partial charge in [0.05, 0.1) is 5.69 Å². The third-order valence-corrected chi connectivity index (χ3v) is 12.2. The molecule has 2 heteroatoms. The minimum absolute atomic E-state index is 0.881. The fraction of sp³-hybridized carbons (Fsp3) is 0. The first-order valence-electron chi connectivity index (χ1n) is 20.6. The van der Waals surface area contributed by atoms with Gasteiger partial charge in [-0.25, -0.2) is 0 Å². The van der Waals surface area contributed by atoms with E-state index in [1.165, 1.54) is 65.3 Å². The summed E-state index contributed by atoms with van der Waals surface area (Å²) in [5.41, 5.74) is 12.1. The van der Waals surface area contributed by atoms with Gasteiger partial charge in [0.1, 0.15) is 11.2 Å². The van der Waals surface area contributed by atoms with Crippen LogP contribution in [0.5, 0.6) is 0 Å². The summed E-state index contributed by atoms with van der Waals surface area (Å²) in [5, 5.41) is 12.1. The highest BCUT2D eigenvalue weighted by molar-refractivity contribution is 6.17. The van der Waals surface area contributed by atoms with E-state index in [1.807, 2.05) is 0 Å². The zero-order chi connectivity index (χ0) is 39.6. The lowest BCUT2D eigenvalue weighted by molar-refractivity contribution is 0.669.